The summed E-state index contributed by atoms with van der Waals surface area (Å²) in [7, 11) is 1.39. The van der Waals surface area contributed by atoms with Crippen LogP contribution in [0.15, 0.2) is 46.7 Å². The van der Waals surface area contributed by atoms with Crippen LogP contribution < -0.4 is 5.73 Å². The molecule has 0 spiro atoms. The van der Waals surface area contributed by atoms with Crippen molar-refractivity contribution < 1.29 is 19.4 Å². The fraction of sp³-hybridized carbons (Fsp3) is 0.444. The molecule has 2 aliphatic rings. The Morgan fingerprint density at radius 2 is 1.96 bits per heavy atom. The highest BCUT2D eigenvalue weighted by molar-refractivity contribution is 6.22. The first kappa shape index (κ1) is 16.8. The maximum absolute atomic E-state index is 12.8. The molecule has 1 aromatic rings. The van der Waals surface area contributed by atoms with Crippen molar-refractivity contribution in [2.75, 3.05) is 7.11 Å². The Hall–Kier alpha value is -2.02. The highest BCUT2D eigenvalue weighted by atomic mass is 16.7. The van der Waals surface area contributed by atoms with Gasteiger partial charge < -0.3 is 20.3 Å². The topological polar surface area (TPSA) is 94.1 Å². The van der Waals surface area contributed by atoms with Gasteiger partial charge in [0.05, 0.1) is 18.8 Å². The Balaban J connectivity index is 1.97. The number of benzene rings is 1. The lowest BCUT2D eigenvalue weighted by atomic mass is 9.96. The molecule has 128 valence electrons. The predicted molar refractivity (Wildman–Crippen MR) is 89.6 cm³/mol. The van der Waals surface area contributed by atoms with Crippen LogP contribution in [0.25, 0.3) is 0 Å². The van der Waals surface area contributed by atoms with Crippen molar-refractivity contribution >= 4 is 12.0 Å². The van der Waals surface area contributed by atoms with Gasteiger partial charge in [-0.25, -0.2) is 0 Å². The van der Waals surface area contributed by atoms with Gasteiger partial charge in [-0.1, -0.05) is 43.2 Å². The van der Waals surface area contributed by atoms with Crippen LogP contribution in [0.2, 0.25) is 0 Å². The fourth-order valence-corrected chi connectivity index (χ4v) is 3.19. The maximum atomic E-state index is 12.8. The first-order chi connectivity index (χ1) is 11.6. The Morgan fingerprint density at radius 3 is 2.58 bits per heavy atom. The van der Waals surface area contributed by atoms with E-state index in [1.807, 2.05) is 6.07 Å². The lowest BCUT2D eigenvalue weighted by Gasteiger charge is -2.37. The molecule has 2 unspecified atom stereocenters. The van der Waals surface area contributed by atoms with E-state index in [1.54, 1.807) is 24.3 Å². The molecule has 1 saturated carbocycles. The van der Waals surface area contributed by atoms with E-state index in [1.165, 1.54) is 13.3 Å². The van der Waals surface area contributed by atoms with Gasteiger partial charge in [-0.3, -0.25) is 9.79 Å². The number of rotatable bonds is 5. The van der Waals surface area contributed by atoms with E-state index >= 15 is 0 Å². The van der Waals surface area contributed by atoms with Crippen molar-refractivity contribution in [1.29, 1.82) is 0 Å². The minimum Gasteiger partial charge on any atom is -0.494 e. The molecule has 1 aliphatic carbocycles. The van der Waals surface area contributed by atoms with E-state index < -0.39 is 12.0 Å². The zero-order chi connectivity index (χ0) is 17.2. The molecule has 0 amide bonds. The number of aliphatic hydroxyl groups is 1. The first-order valence-corrected chi connectivity index (χ1v) is 8.13. The summed E-state index contributed by atoms with van der Waals surface area (Å²) < 4.78 is 11.2. The second-order valence-corrected chi connectivity index (χ2v) is 6.09. The van der Waals surface area contributed by atoms with E-state index in [0.29, 0.717) is 5.56 Å². The number of methoxy groups -OCH3 is 1. The van der Waals surface area contributed by atoms with Gasteiger partial charge >= 0.3 is 0 Å². The third-order valence-corrected chi connectivity index (χ3v) is 4.47. The van der Waals surface area contributed by atoms with Crippen molar-refractivity contribution in [3.05, 3.63) is 47.2 Å². The summed E-state index contributed by atoms with van der Waals surface area (Å²) >= 11 is 0. The minimum atomic E-state index is -1.93. The second-order valence-electron chi connectivity index (χ2n) is 6.09. The molecular weight excluding hydrogens is 308 g/mol. The number of hydrogen-bond donors (Lipinski definition) is 2. The smallest absolute Gasteiger partial charge is 0.263 e. The van der Waals surface area contributed by atoms with Crippen LogP contribution in [-0.2, 0) is 9.47 Å². The number of carbonyl (C=O) groups excluding carboxylic acids is 1. The molecule has 0 bridgehead atoms. The van der Waals surface area contributed by atoms with Gasteiger partial charge in [0, 0.05) is 11.8 Å². The predicted octanol–water partition coefficient (Wildman–Crippen LogP) is 1.79. The molecule has 6 nitrogen and oxygen atoms in total. The van der Waals surface area contributed by atoms with Crippen LogP contribution in [0.4, 0.5) is 0 Å². The number of allylic oxidation sites excluding steroid dienone is 1. The molecule has 1 fully saturated rings. The molecule has 1 aliphatic heterocycles. The maximum Gasteiger partial charge on any atom is 0.263 e. The second kappa shape index (κ2) is 6.84. The number of hydrogen-bond acceptors (Lipinski definition) is 6. The average molecular weight is 330 g/mol. The summed E-state index contributed by atoms with van der Waals surface area (Å²) in [6, 6.07) is 8.76. The summed E-state index contributed by atoms with van der Waals surface area (Å²) in [5, 5.41) is 11.0. The molecule has 2 atom stereocenters. The van der Waals surface area contributed by atoms with Crippen molar-refractivity contribution in [3.63, 3.8) is 0 Å². The summed E-state index contributed by atoms with van der Waals surface area (Å²) in [4.78, 5) is 16.8. The summed E-state index contributed by atoms with van der Waals surface area (Å²) in [6.07, 6.45) is 3.97. The molecule has 0 aromatic heterocycles. The summed E-state index contributed by atoms with van der Waals surface area (Å²) in [5.41, 5.74) is 6.60. The van der Waals surface area contributed by atoms with Gasteiger partial charge in [-0.15, -0.1) is 0 Å². The van der Waals surface area contributed by atoms with Crippen LogP contribution in [0.1, 0.15) is 36.0 Å². The number of aliphatic imine (C=N–C) groups is 1. The molecular formula is C18H22N2O4. The van der Waals surface area contributed by atoms with E-state index in [0.717, 1.165) is 25.7 Å². The number of carbonyl (C=O) groups is 1. The third kappa shape index (κ3) is 3.00. The summed E-state index contributed by atoms with van der Waals surface area (Å²) in [5.74, 6) is -2.21. The van der Waals surface area contributed by atoms with E-state index in [-0.39, 0.29) is 23.2 Å². The standard InChI is InChI=1S/C18H22N2O4/c1-23-16-14(15(21)12-7-3-2-4-8-12)11-20-17(19)18(16,22)24-13-9-5-6-10-13/h2-4,7-8,11,13,17,22H,5-6,9-10,19H2,1H3. The Morgan fingerprint density at radius 1 is 1.29 bits per heavy atom. The zero-order valence-electron chi connectivity index (χ0n) is 13.6. The van der Waals surface area contributed by atoms with E-state index in [4.69, 9.17) is 15.2 Å². The quantitative estimate of drug-likeness (QED) is 0.634. The molecule has 24 heavy (non-hydrogen) atoms. The highest BCUT2D eigenvalue weighted by Gasteiger charge is 2.48. The van der Waals surface area contributed by atoms with Crippen molar-refractivity contribution in [1.82, 2.24) is 0 Å². The van der Waals surface area contributed by atoms with E-state index in [2.05, 4.69) is 4.99 Å². The van der Waals surface area contributed by atoms with Crippen LogP contribution in [0, 0.1) is 0 Å². The first-order valence-electron chi connectivity index (χ1n) is 8.13. The molecule has 1 aromatic carbocycles. The lowest BCUT2D eigenvalue weighted by molar-refractivity contribution is -0.233. The Kier molecular flexibility index (Phi) is 4.80. The molecule has 3 rings (SSSR count). The lowest BCUT2D eigenvalue weighted by Crippen LogP contribution is -2.55. The SMILES string of the molecule is COC1=C(C(=O)c2ccccc2)C=NC(N)C1(O)OC1CCCC1. The number of ketones is 1. The number of ether oxygens (including phenoxy) is 2. The molecule has 6 heteroatoms. The van der Waals surface area contributed by atoms with Crippen molar-refractivity contribution in [2.24, 2.45) is 10.7 Å². The Bertz CT molecular complexity index is 665. The zero-order valence-corrected chi connectivity index (χ0v) is 13.6. The Labute approximate surface area is 141 Å². The highest BCUT2D eigenvalue weighted by Crippen LogP contribution is 2.35. The molecule has 0 saturated heterocycles. The van der Waals surface area contributed by atoms with Crippen LogP contribution in [-0.4, -0.2) is 42.3 Å². The minimum absolute atomic E-state index is 0.0192. The van der Waals surface area contributed by atoms with Gasteiger partial charge in [0.25, 0.3) is 5.79 Å². The van der Waals surface area contributed by atoms with Crippen LogP contribution >= 0.6 is 0 Å². The molecule has 3 N–H and O–H groups in total. The van der Waals surface area contributed by atoms with Crippen molar-refractivity contribution in [2.45, 2.75) is 43.7 Å². The fourth-order valence-electron chi connectivity index (χ4n) is 3.19. The normalized spacial score (nSPS) is 27.5. The number of dihydropyridines is 1. The van der Waals surface area contributed by atoms with Crippen LogP contribution in [0.5, 0.6) is 0 Å². The monoisotopic (exact) mass is 330 g/mol. The number of nitrogens with zero attached hydrogens (tertiary/aromatic N) is 1. The number of nitrogens with two attached hydrogens (primary N) is 1. The van der Waals surface area contributed by atoms with Gasteiger partial charge in [-0.05, 0) is 12.8 Å². The molecule has 0 radical (unpaired) electrons. The van der Waals surface area contributed by atoms with Crippen molar-refractivity contribution in [3.8, 4) is 0 Å². The van der Waals surface area contributed by atoms with Crippen LogP contribution in [0.3, 0.4) is 0 Å². The third-order valence-electron chi connectivity index (χ3n) is 4.47. The van der Waals surface area contributed by atoms with Gasteiger partial charge in [-0.2, -0.15) is 0 Å². The largest absolute Gasteiger partial charge is 0.494 e. The van der Waals surface area contributed by atoms with Gasteiger partial charge in [0.15, 0.2) is 17.7 Å². The van der Waals surface area contributed by atoms with Gasteiger partial charge in [0.2, 0.25) is 0 Å². The van der Waals surface area contributed by atoms with Gasteiger partial charge in [0.1, 0.15) is 0 Å². The average Bonchev–Trinajstić information content (AvgIpc) is 3.10. The molecule has 1 heterocycles. The number of Topliss-reactive ketones (excluding diaryl/α,β-unsaturated/α-hetero) is 1. The summed E-state index contributed by atoms with van der Waals surface area (Å²) in [6.45, 7) is 0. The van der Waals surface area contributed by atoms with E-state index in [9.17, 15) is 9.90 Å².